The van der Waals surface area contributed by atoms with Gasteiger partial charge in [0.25, 0.3) is 0 Å². The third kappa shape index (κ3) is 5.59. The van der Waals surface area contributed by atoms with E-state index in [9.17, 15) is 13.2 Å². The van der Waals surface area contributed by atoms with Gasteiger partial charge in [-0.3, -0.25) is 0 Å². The molecular weight excluding hydrogens is 290 g/mol. The van der Waals surface area contributed by atoms with E-state index in [2.05, 4.69) is 9.46 Å². The first-order valence-electron chi connectivity index (χ1n) is 5.69. The summed E-state index contributed by atoms with van der Waals surface area (Å²) in [5.41, 5.74) is 1.19. The molecule has 1 aromatic rings. The molecule has 7 heteroatoms. The van der Waals surface area contributed by atoms with Gasteiger partial charge in [-0.2, -0.15) is 0 Å². The summed E-state index contributed by atoms with van der Waals surface area (Å²) >= 11 is 5.45. The Morgan fingerprint density at radius 2 is 1.95 bits per heavy atom. The lowest BCUT2D eigenvalue weighted by atomic mass is 10.1. The van der Waals surface area contributed by atoms with E-state index in [4.69, 9.17) is 11.6 Å². The quantitative estimate of drug-likeness (QED) is 0.612. The molecule has 0 radical (unpaired) electrons. The van der Waals surface area contributed by atoms with Crippen LogP contribution >= 0.6 is 11.6 Å². The molecule has 19 heavy (non-hydrogen) atoms. The van der Waals surface area contributed by atoms with Crippen molar-refractivity contribution < 1.29 is 17.9 Å². The molecule has 1 N–H and O–H groups in total. The van der Waals surface area contributed by atoms with Crippen LogP contribution in [0.15, 0.2) is 24.3 Å². The van der Waals surface area contributed by atoms with E-state index in [1.165, 1.54) is 7.11 Å². The maximum absolute atomic E-state index is 11.5. The predicted octanol–water partition coefficient (Wildman–Crippen LogP) is 1.52. The van der Waals surface area contributed by atoms with Crippen molar-refractivity contribution in [1.82, 2.24) is 4.72 Å². The number of alkyl halides is 1. The Balaban J connectivity index is 2.57. The lowest BCUT2D eigenvalue weighted by molar-refractivity contribution is 0.0600. The average Bonchev–Trinajstić information content (AvgIpc) is 2.43. The molecule has 0 fully saturated rings. The van der Waals surface area contributed by atoms with Crippen LogP contribution in [0.3, 0.4) is 0 Å². The summed E-state index contributed by atoms with van der Waals surface area (Å²) in [7, 11) is -1.99. The Morgan fingerprint density at radius 1 is 1.32 bits per heavy atom. The number of carbonyl (C=O) groups is 1. The van der Waals surface area contributed by atoms with Gasteiger partial charge in [-0.05, 0) is 24.1 Å². The molecule has 0 bridgehead atoms. The number of sulfonamides is 1. The second kappa shape index (κ2) is 7.47. The topological polar surface area (TPSA) is 72.5 Å². The number of carbonyl (C=O) groups excluding carboxylic acids is 1. The summed E-state index contributed by atoms with van der Waals surface area (Å²) in [6.07, 6.45) is 0.415. The zero-order valence-electron chi connectivity index (χ0n) is 10.6. The number of halogens is 1. The summed E-state index contributed by atoms with van der Waals surface area (Å²) in [5, 5.41) is 0. The van der Waals surface area contributed by atoms with Crippen LogP contribution < -0.4 is 4.72 Å². The molecule has 0 unspecified atom stereocenters. The van der Waals surface area contributed by atoms with E-state index in [1.807, 2.05) is 0 Å². The van der Waals surface area contributed by atoms with Gasteiger partial charge in [-0.25, -0.2) is 17.9 Å². The van der Waals surface area contributed by atoms with Crippen LogP contribution in [0.5, 0.6) is 0 Å². The molecular formula is C12H16ClNO4S. The van der Waals surface area contributed by atoms with Crippen LogP contribution in [0.25, 0.3) is 0 Å². The minimum absolute atomic E-state index is 0.0107. The standard InChI is InChI=1S/C12H16ClNO4S/c1-18-12(15)11-5-3-10(4-6-11)9-14-19(16,17)8-2-7-13/h3-6,14H,2,7-9H2,1H3. The number of hydrogen-bond donors (Lipinski definition) is 1. The monoisotopic (exact) mass is 305 g/mol. The first kappa shape index (κ1) is 15.9. The molecule has 0 saturated carbocycles. The molecule has 0 saturated heterocycles. The van der Waals surface area contributed by atoms with Gasteiger partial charge in [0.15, 0.2) is 0 Å². The Labute approximate surface area is 118 Å². The Hall–Kier alpha value is -1.11. The van der Waals surface area contributed by atoms with Crippen LogP contribution in [0.1, 0.15) is 22.3 Å². The molecule has 0 aliphatic heterocycles. The maximum Gasteiger partial charge on any atom is 0.337 e. The van der Waals surface area contributed by atoms with Gasteiger partial charge in [0.1, 0.15) is 0 Å². The highest BCUT2D eigenvalue weighted by Crippen LogP contribution is 2.06. The van der Waals surface area contributed by atoms with Gasteiger partial charge in [0.2, 0.25) is 10.0 Å². The van der Waals surface area contributed by atoms with Crippen molar-refractivity contribution in [3.05, 3.63) is 35.4 Å². The third-order valence-electron chi connectivity index (χ3n) is 2.42. The summed E-state index contributed by atoms with van der Waals surface area (Å²) in [6.45, 7) is 0.187. The molecule has 0 heterocycles. The van der Waals surface area contributed by atoms with Crippen molar-refractivity contribution >= 4 is 27.6 Å². The minimum atomic E-state index is -3.30. The molecule has 1 aromatic carbocycles. The summed E-state index contributed by atoms with van der Waals surface area (Å²) < 4.78 is 30.1. The smallest absolute Gasteiger partial charge is 0.337 e. The highest BCUT2D eigenvalue weighted by molar-refractivity contribution is 7.89. The van der Waals surface area contributed by atoms with E-state index in [1.54, 1.807) is 24.3 Å². The molecule has 5 nitrogen and oxygen atoms in total. The number of ether oxygens (including phenoxy) is 1. The lowest BCUT2D eigenvalue weighted by Gasteiger charge is -2.06. The predicted molar refractivity (Wildman–Crippen MR) is 73.7 cm³/mol. The molecule has 0 aromatic heterocycles. The molecule has 0 atom stereocenters. The Morgan fingerprint density at radius 3 is 2.47 bits per heavy atom. The molecule has 106 valence electrons. The van der Waals surface area contributed by atoms with E-state index in [-0.39, 0.29) is 12.3 Å². The zero-order valence-corrected chi connectivity index (χ0v) is 12.1. The number of methoxy groups -OCH3 is 1. The Kier molecular flexibility index (Phi) is 6.27. The number of benzene rings is 1. The summed E-state index contributed by atoms with van der Waals surface area (Å²) in [5.74, 6) is -0.0971. The van der Waals surface area contributed by atoms with Gasteiger partial charge in [0, 0.05) is 12.4 Å². The van der Waals surface area contributed by atoms with E-state index >= 15 is 0 Å². The number of rotatable bonds is 7. The number of nitrogens with one attached hydrogen (secondary N) is 1. The van der Waals surface area contributed by atoms with Crippen LogP contribution in [0.4, 0.5) is 0 Å². The average molecular weight is 306 g/mol. The highest BCUT2D eigenvalue weighted by atomic mass is 35.5. The van der Waals surface area contributed by atoms with Crippen LogP contribution in [0.2, 0.25) is 0 Å². The lowest BCUT2D eigenvalue weighted by Crippen LogP contribution is -2.26. The summed E-state index contributed by atoms with van der Waals surface area (Å²) in [6, 6.07) is 6.54. The normalized spacial score (nSPS) is 11.3. The fourth-order valence-corrected chi connectivity index (χ4v) is 2.73. The van der Waals surface area contributed by atoms with E-state index < -0.39 is 16.0 Å². The van der Waals surface area contributed by atoms with Crippen molar-refractivity contribution in [3.8, 4) is 0 Å². The van der Waals surface area contributed by atoms with Crippen molar-refractivity contribution in [3.63, 3.8) is 0 Å². The van der Waals surface area contributed by atoms with E-state index in [0.717, 1.165) is 5.56 Å². The maximum atomic E-state index is 11.5. The molecule has 0 aliphatic carbocycles. The minimum Gasteiger partial charge on any atom is -0.465 e. The largest absolute Gasteiger partial charge is 0.465 e. The van der Waals surface area contributed by atoms with Crippen LogP contribution in [-0.4, -0.2) is 33.1 Å². The zero-order chi connectivity index (χ0) is 14.3. The Bertz CT molecular complexity index is 513. The molecule has 1 rings (SSSR count). The van der Waals surface area contributed by atoms with Gasteiger partial charge in [0.05, 0.1) is 18.4 Å². The second-order valence-electron chi connectivity index (χ2n) is 3.87. The SMILES string of the molecule is COC(=O)c1ccc(CNS(=O)(=O)CCCCl)cc1. The van der Waals surface area contributed by atoms with Crippen LogP contribution in [-0.2, 0) is 21.3 Å². The molecule has 0 aliphatic rings. The fraction of sp³-hybridized carbons (Fsp3) is 0.417. The van der Waals surface area contributed by atoms with Gasteiger partial charge in [-0.15, -0.1) is 11.6 Å². The van der Waals surface area contributed by atoms with Gasteiger partial charge >= 0.3 is 5.97 Å². The van der Waals surface area contributed by atoms with Gasteiger partial charge < -0.3 is 4.74 Å². The van der Waals surface area contributed by atoms with Crippen molar-refractivity contribution in [2.45, 2.75) is 13.0 Å². The van der Waals surface area contributed by atoms with Crippen molar-refractivity contribution in [2.24, 2.45) is 0 Å². The highest BCUT2D eigenvalue weighted by Gasteiger charge is 2.09. The molecule has 0 spiro atoms. The molecule has 0 amide bonds. The van der Waals surface area contributed by atoms with Crippen molar-refractivity contribution in [1.29, 1.82) is 0 Å². The summed E-state index contributed by atoms with van der Waals surface area (Å²) in [4.78, 5) is 11.2. The first-order valence-corrected chi connectivity index (χ1v) is 7.88. The van der Waals surface area contributed by atoms with Crippen molar-refractivity contribution in [2.75, 3.05) is 18.7 Å². The number of hydrogen-bond acceptors (Lipinski definition) is 4. The second-order valence-corrected chi connectivity index (χ2v) is 6.18. The first-order chi connectivity index (χ1) is 8.98. The van der Waals surface area contributed by atoms with Crippen LogP contribution in [0, 0.1) is 0 Å². The third-order valence-corrected chi connectivity index (χ3v) is 4.10. The fourth-order valence-electron chi connectivity index (χ4n) is 1.39. The van der Waals surface area contributed by atoms with Gasteiger partial charge in [-0.1, -0.05) is 12.1 Å². The van der Waals surface area contributed by atoms with E-state index in [0.29, 0.717) is 17.9 Å². The number of esters is 1.